The van der Waals surface area contributed by atoms with E-state index < -0.39 is 10.0 Å². The summed E-state index contributed by atoms with van der Waals surface area (Å²) < 4.78 is 26.0. The van der Waals surface area contributed by atoms with Gasteiger partial charge in [-0.15, -0.1) is 0 Å². The van der Waals surface area contributed by atoms with Gasteiger partial charge in [0.05, 0.1) is 11.9 Å². The van der Waals surface area contributed by atoms with Crippen molar-refractivity contribution in [3.8, 4) is 0 Å². The molecular weight excluding hydrogens is 178 g/mol. The summed E-state index contributed by atoms with van der Waals surface area (Å²) in [5.74, 6) is 0.551. The first kappa shape index (κ1) is 9.05. The standard InChI is InChI=1S/C6H11N3O2S/c1-3-12(10,11)8-6-4-5-7-9(6)2/h4-5,8H,3H2,1-2H3. The highest BCUT2D eigenvalue weighted by Gasteiger charge is 2.08. The first-order chi connectivity index (χ1) is 5.55. The molecule has 0 unspecified atom stereocenters. The van der Waals surface area contributed by atoms with Gasteiger partial charge in [0.1, 0.15) is 5.82 Å². The Kier molecular flexibility index (Phi) is 2.37. The van der Waals surface area contributed by atoms with Gasteiger partial charge in [0, 0.05) is 13.1 Å². The second-order valence-electron chi connectivity index (χ2n) is 2.35. The van der Waals surface area contributed by atoms with Crippen LogP contribution in [-0.2, 0) is 17.1 Å². The first-order valence-electron chi connectivity index (χ1n) is 3.53. The maximum Gasteiger partial charge on any atom is 0.233 e. The highest BCUT2D eigenvalue weighted by molar-refractivity contribution is 7.92. The second kappa shape index (κ2) is 3.14. The monoisotopic (exact) mass is 189 g/mol. The average Bonchev–Trinajstić information content (AvgIpc) is 2.36. The maximum absolute atomic E-state index is 11.1. The van der Waals surface area contributed by atoms with Gasteiger partial charge >= 0.3 is 0 Å². The van der Waals surface area contributed by atoms with Crippen molar-refractivity contribution >= 4 is 15.8 Å². The number of hydrogen-bond donors (Lipinski definition) is 1. The van der Waals surface area contributed by atoms with Crippen LogP contribution in [0.3, 0.4) is 0 Å². The number of hydrogen-bond acceptors (Lipinski definition) is 3. The molecule has 1 heterocycles. The fourth-order valence-corrected chi connectivity index (χ4v) is 1.37. The zero-order valence-electron chi connectivity index (χ0n) is 6.98. The van der Waals surface area contributed by atoms with Crippen LogP contribution in [0.5, 0.6) is 0 Å². The summed E-state index contributed by atoms with van der Waals surface area (Å²) in [6.07, 6.45) is 1.54. The van der Waals surface area contributed by atoms with Crippen molar-refractivity contribution in [1.29, 1.82) is 0 Å². The summed E-state index contributed by atoms with van der Waals surface area (Å²) in [4.78, 5) is 0. The van der Waals surface area contributed by atoms with Crippen LogP contribution in [0.1, 0.15) is 6.92 Å². The van der Waals surface area contributed by atoms with Crippen molar-refractivity contribution < 1.29 is 8.42 Å². The van der Waals surface area contributed by atoms with Crippen LogP contribution in [0.15, 0.2) is 12.3 Å². The fraction of sp³-hybridized carbons (Fsp3) is 0.500. The Balaban J connectivity index is 2.84. The van der Waals surface area contributed by atoms with E-state index in [-0.39, 0.29) is 5.75 Å². The minimum absolute atomic E-state index is 0.0676. The quantitative estimate of drug-likeness (QED) is 0.737. The highest BCUT2D eigenvalue weighted by atomic mass is 32.2. The SMILES string of the molecule is CCS(=O)(=O)Nc1ccnn1C. The minimum atomic E-state index is -3.18. The summed E-state index contributed by atoms with van der Waals surface area (Å²) in [5, 5.41) is 3.82. The van der Waals surface area contributed by atoms with E-state index in [0.29, 0.717) is 5.82 Å². The van der Waals surface area contributed by atoms with E-state index in [1.54, 1.807) is 20.0 Å². The lowest BCUT2D eigenvalue weighted by Gasteiger charge is -2.04. The predicted molar refractivity (Wildman–Crippen MR) is 46.3 cm³/mol. The maximum atomic E-state index is 11.1. The molecule has 6 heteroatoms. The molecular formula is C6H11N3O2S. The number of sulfonamides is 1. The van der Waals surface area contributed by atoms with Crippen molar-refractivity contribution in [2.45, 2.75) is 6.92 Å². The molecule has 0 aliphatic rings. The van der Waals surface area contributed by atoms with Crippen LogP contribution >= 0.6 is 0 Å². The molecule has 0 atom stereocenters. The van der Waals surface area contributed by atoms with Gasteiger partial charge in [-0.3, -0.25) is 9.40 Å². The average molecular weight is 189 g/mol. The van der Waals surface area contributed by atoms with Gasteiger partial charge < -0.3 is 0 Å². The zero-order valence-corrected chi connectivity index (χ0v) is 7.80. The molecule has 12 heavy (non-hydrogen) atoms. The zero-order chi connectivity index (χ0) is 9.19. The van der Waals surface area contributed by atoms with Crippen LogP contribution in [0.2, 0.25) is 0 Å². The number of aryl methyl sites for hydroxylation is 1. The molecule has 0 saturated carbocycles. The molecule has 0 radical (unpaired) electrons. The van der Waals surface area contributed by atoms with E-state index in [1.807, 2.05) is 0 Å². The Morgan fingerprint density at radius 2 is 2.33 bits per heavy atom. The molecule has 5 nitrogen and oxygen atoms in total. The molecule has 1 aromatic rings. The highest BCUT2D eigenvalue weighted by Crippen LogP contribution is 2.05. The van der Waals surface area contributed by atoms with Gasteiger partial charge in [0.2, 0.25) is 10.0 Å². The van der Waals surface area contributed by atoms with Crippen molar-refractivity contribution in [2.24, 2.45) is 7.05 Å². The second-order valence-corrected chi connectivity index (χ2v) is 4.36. The smallest absolute Gasteiger partial charge is 0.233 e. The van der Waals surface area contributed by atoms with Crippen LogP contribution < -0.4 is 4.72 Å². The summed E-state index contributed by atoms with van der Waals surface area (Å²) in [6.45, 7) is 1.58. The number of anilines is 1. The normalized spacial score (nSPS) is 11.5. The lowest BCUT2D eigenvalue weighted by Crippen LogP contribution is -2.16. The third-order valence-electron chi connectivity index (χ3n) is 1.46. The van der Waals surface area contributed by atoms with E-state index in [1.165, 1.54) is 10.9 Å². The van der Waals surface area contributed by atoms with E-state index in [2.05, 4.69) is 9.82 Å². The van der Waals surface area contributed by atoms with Crippen LogP contribution in [0.25, 0.3) is 0 Å². The molecule has 1 N–H and O–H groups in total. The van der Waals surface area contributed by atoms with E-state index in [0.717, 1.165) is 0 Å². The lowest BCUT2D eigenvalue weighted by atomic mass is 10.7. The molecule has 68 valence electrons. The van der Waals surface area contributed by atoms with Crippen molar-refractivity contribution in [1.82, 2.24) is 9.78 Å². The predicted octanol–water partition coefficient (Wildman–Crippen LogP) is 0.182. The third-order valence-corrected chi connectivity index (χ3v) is 2.74. The lowest BCUT2D eigenvalue weighted by molar-refractivity contribution is 0.601. The van der Waals surface area contributed by atoms with Crippen molar-refractivity contribution in [2.75, 3.05) is 10.5 Å². The third kappa shape index (κ3) is 1.97. The van der Waals surface area contributed by atoms with E-state index >= 15 is 0 Å². The molecule has 0 fully saturated rings. The van der Waals surface area contributed by atoms with Gasteiger partial charge in [0.15, 0.2) is 0 Å². The van der Waals surface area contributed by atoms with Gasteiger partial charge in [0.25, 0.3) is 0 Å². The van der Waals surface area contributed by atoms with Crippen molar-refractivity contribution in [3.05, 3.63) is 12.3 Å². The van der Waals surface area contributed by atoms with Crippen LogP contribution in [0, 0.1) is 0 Å². The van der Waals surface area contributed by atoms with Gasteiger partial charge in [-0.1, -0.05) is 0 Å². The summed E-state index contributed by atoms with van der Waals surface area (Å²) in [7, 11) is -1.50. The Bertz CT molecular complexity index is 355. The van der Waals surface area contributed by atoms with Crippen LogP contribution in [-0.4, -0.2) is 24.0 Å². The molecule has 0 aromatic carbocycles. The number of rotatable bonds is 3. The number of aromatic nitrogens is 2. The molecule has 1 aromatic heterocycles. The summed E-state index contributed by atoms with van der Waals surface area (Å²) in [5.41, 5.74) is 0. The molecule has 1 rings (SSSR count). The Labute approximate surface area is 71.4 Å². The Morgan fingerprint density at radius 1 is 1.67 bits per heavy atom. The van der Waals surface area contributed by atoms with E-state index in [9.17, 15) is 8.42 Å². The summed E-state index contributed by atoms with van der Waals surface area (Å²) >= 11 is 0. The molecule has 0 bridgehead atoms. The molecule has 0 spiro atoms. The van der Waals surface area contributed by atoms with Gasteiger partial charge in [-0.2, -0.15) is 5.10 Å². The van der Waals surface area contributed by atoms with Crippen molar-refractivity contribution in [3.63, 3.8) is 0 Å². The Morgan fingerprint density at radius 3 is 2.75 bits per heavy atom. The topological polar surface area (TPSA) is 64.0 Å². The van der Waals surface area contributed by atoms with Gasteiger partial charge in [-0.05, 0) is 6.92 Å². The molecule has 0 saturated heterocycles. The fourth-order valence-electron chi connectivity index (χ4n) is 0.706. The van der Waals surface area contributed by atoms with Crippen LogP contribution in [0.4, 0.5) is 5.82 Å². The minimum Gasteiger partial charge on any atom is -0.268 e. The number of nitrogens with zero attached hydrogens (tertiary/aromatic N) is 2. The molecule has 0 aliphatic carbocycles. The molecule has 0 amide bonds. The first-order valence-corrected chi connectivity index (χ1v) is 5.19. The van der Waals surface area contributed by atoms with E-state index in [4.69, 9.17) is 0 Å². The van der Waals surface area contributed by atoms with Gasteiger partial charge in [-0.25, -0.2) is 8.42 Å². The Hall–Kier alpha value is -1.04. The largest absolute Gasteiger partial charge is 0.268 e. The molecule has 0 aliphatic heterocycles. The number of nitrogens with one attached hydrogen (secondary N) is 1. The summed E-state index contributed by atoms with van der Waals surface area (Å²) in [6, 6.07) is 1.60.